The van der Waals surface area contributed by atoms with Gasteiger partial charge in [0.25, 0.3) is 0 Å². The molecule has 0 aliphatic carbocycles. The second-order valence-electron chi connectivity index (χ2n) is 5.57. The maximum Gasteiger partial charge on any atom is 0.338 e. The first-order valence-electron chi connectivity index (χ1n) is 7.77. The summed E-state index contributed by atoms with van der Waals surface area (Å²) in [6.45, 7) is 5.33. The summed E-state index contributed by atoms with van der Waals surface area (Å²) in [5, 5.41) is 0. The topological polar surface area (TPSA) is 60.7 Å². The average molecular weight is 322 g/mol. The third kappa shape index (κ3) is 2.69. The summed E-state index contributed by atoms with van der Waals surface area (Å²) in [6.07, 6.45) is 5.35. The van der Waals surface area contributed by atoms with E-state index < -0.39 is 5.97 Å². The number of esters is 1. The Morgan fingerprint density at radius 1 is 1.17 bits per heavy atom. The molecule has 0 aliphatic rings. The van der Waals surface area contributed by atoms with Crippen LogP contribution in [0, 0.1) is 6.92 Å². The first kappa shape index (κ1) is 15.9. The summed E-state index contributed by atoms with van der Waals surface area (Å²) in [7, 11) is 0. The van der Waals surface area contributed by atoms with Crippen LogP contribution in [0.1, 0.15) is 40.3 Å². The summed E-state index contributed by atoms with van der Waals surface area (Å²) in [5.74, 6) is -0.507. The van der Waals surface area contributed by atoms with Crippen LogP contribution < -0.4 is 0 Å². The quantitative estimate of drug-likeness (QED) is 0.543. The van der Waals surface area contributed by atoms with E-state index in [4.69, 9.17) is 4.74 Å². The van der Waals surface area contributed by atoms with E-state index in [9.17, 15) is 9.59 Å². The fourth-order valence-electron chi connectivity index (χ4n) is 2.91. The lowest BCUT2D eigenvalue weighted by Crippen LogP contribution is -2.13. The maximum atomic E-state index is 12.2. The van der Waals surface area contributed by atoms with E-state index in [1.165, 1.54) is 6.92 Å². The average Bonchev–Trinajstić information content (AvgIpc) is 2.98. The van der Waals surface area contributed by atoms with Crippen LogP contribution in [0.4, 0.5) is 0 Å². The van der Waals surface area contributed by atoms with Crippen LogP contribution in [0.2, 0.25) is 0 Å². The molecule has 0 amide bonds. The zero-order chi connectivity index (χ0) is 17.3. The van der Waals surface area contributed by atoms with Crippen molar-refractivity contribution < 1.29 is 14.3 Å². The molecule has 0 aliphatic heterocycles. The fourth-order valence-corrected chi connectivity index (χ4v) is 2.91. The minimum atomic E-state index is -0.410. The molecule has 5 nitrogen and oxygen atoms in total. The predicted molar refractivity (Wildman–Crippen MR) is 91.3 cm³/mol. The number of pyridine rings is 2. The molecule has 0 unspecified atom stereocenters. The van der Waals surface area contributed by atoms with E-state index in [0.717, 1.165) is 16.6 Å². The SMILES string of the molecule is CCOC(=O)c1cc2cc(-c3ccncc3)cn2c(C(C)=O)c1C. The first-order chi connectivity index (χ1) is 11.5. The van der Waals surface area contributed by atoms with Gasteiger partial charge < -0.3 is 9.14 Å². The third-order valence-electron chi connectivity index (χ3n) is 3.98. The van der Waals surface area contributed by atoms with Gasteiger partial charge in [-0.1, -0.05) is 0 Å². The Hall–Kier alpha value is -2.95. The van der Waals surface area contributed by atoms with Gasteiger partial charge in [-0.3, -0.25) is 9.78 Å². The number of ketones is 1. The summed E-state index contributed by atoms with van der Waals surface area (Å²) in [6, 6.07) is 7.52. The van der Waals surface area contributed by atoms with E-state index in [1.807, 2.05) is 28.8 Å². The van der Waals surface area contributed by atoms with Crippen molar-refractivity contribution in [2.45, 2.75) is 20.8 Å². The van der Waals surface area contributed by atoms with Crippen LogP contribution in [0.25, 0.3) is 16.6 Å². The van der Waals surface area contributed by atoms with Crippen molar-refractivity contribution in [1.29, 1.82) is 0 Å². The fraction of sp³-hybridized carbons (Fsp3) is 0.211. The van der Waals surface area contributed by atoms with Crippen molar-refractivity contribution in [3.05, 3.63) is 59.7 Å². The summed E-state index contributed by atoms with van der Waals surface area (Å²) in [5.41, 5.74) is 4.29. The van der Waals surface area contributed by atoms with Gasteiger partial charge >= 0.3 is 5.97 Å². The Morgan fingerprint density at radius 2 is 1.88 bits per heavy atom. The zero-order valence-corrected chi connectivity index (χ0v) is 13.9. The number of carbonyl (C=O) groups excluding carboxylic acids is 2. The van der Waals surface area contributed by atoms with Gasteiger partial charge in [0.15, 0.2) is 5.78 Å². The lowest BCUT2D eigenvalue weighted by molar-refractivity contribution is 0.0525. The molecule has 0 saturated carbocycles. The van der Waals surface area contributed by atoms with E-state index >= 15 is 0 Å². The molecule has 3 heterocycles. The number of ether oxygens (including phenoxy) is 1. The molecule has 0 atom stereocenters. The molecular formula is C19H18N2O3. The Morgan fingerprint density at radius 3 is 2.50 bits per heavy atom. The molecule has 3 aromatic rings. The number of Topliss-reactive ketones (excluding diaryl/α,β-unsaturated/α-hetero) is 1. The number of aromatic nitrogens is 2. The predicted octanol–water partition coefficient (Wildman–Crippen LogP) is 3.69. The number of rotatable bonds is 4. The summed E-state index contributed by atoms with van der Waals surface area (Å²) < 4.78 is 6.95. The Balaban J connectivity index is 2.26. The second-order valence-corrected chi connectivity index (χ2v) is 5.57. The van der Waals surface area contributed by atoms with Crippen molar-refractivity contribution in [3.63, 3.8) is 0 Å². The van der Waals surface area contributed by atoms with Gasteiger partial charge in [-0.2, -0.15) is 0 Å². The highest BCUT2D eigenvalue weighted by Crippen LogP contribution is 2.27. The molecule has 0 spiro atoms. The van der Waals surface area contributed by atoms with E-state index in [0.29, 0.717) is 23.4 Å². The highest BCUT2D eigenvalue weighted by Gasteiger charge is 2.20. The molecule has 0 saturated heterocycles. The standard InChI is InChI=1S/C19H18N2O3/c1-4-24-19(23)17-10-16-9-15(14-5-7-20-8-6-14)11-21(16)18(12(17)2)13(3)22/h5-11H,4H2,1-3H3. The largest absolute Gasteiger partial charge is 0.462 e. The Labute approximate surface area is 139 Å². The van der Waals surface area contributed by atoms with Crippen molar-refractivity contribution in [3.8, 4) is 11.1 Å². The lowest BCUT2D eigenvalue weighted by Gasteiger charge is -2.12. The van der Waals surface area contributed by atoms with Crippen LogP contribution >= 0.6 is 0 Å². The molecule has 0 bridgehead atoms. The van der Waals surface area contributed by atoms with Crippen LogP contribution in [0.15, 0.2) is 42.9 Å². The number of carbonyl (C=O) groups is 2. The molecule has 3 rings (SSSR count). The van der Waals surface area contributed by atoms with E-state index in [-0.39, 0.29) is 5.78 Å². The van der Waals surface area contributed by atoms with Crippen LogP contribution in [-0.4, -0.2) is 27.7 Å². The van der Waals surface area contributed by atoms with Crippen molar-refractivity contribution in [2.24, 2.45) is 0 Å². The van der Waals surface area contributed by atoms with Gasteiger partial charge in [0.1, 0.15) is 0 Å². The first-order valence-corrected chi connectivity index (χ1v) is 7.77. The number of hydrogen-bond donors (Lipinski definition) is 0. The smallest absolute Gasteiger partial charge is 0.338 e. The molecule has 0 aromatic carbocycles. The molecule has 3 aromatic heterocycles. The summed E-state index contributed by atoms with van der Waals surface area (Å²) in [4.78, 5) is 28.4. The Kier molecular flexibility index (Phi) is 4.16. The number of hydrogen-bond acceptors (Lipinski definition) is 4. The molecule has 0 fully saturated rings. The van der Waals surface area contributed by atoms with Gasteiger partial charge in [0.05, 0.1) is 17.9 Å². The molecule has 24 heavy (non-hydrogen) atoms. The highest BCUT2D eigenvalue weighted by atomic mass is 16.5. The van der Waals surface area contributed by atoms with Crippen LogP contribution in [0.5, 0.6) is 0 Å². The number of fused-ring (bicyclic) bond motifs is 1. The third-order valence-corrected chi connectivity index (χ3v) is 3.98. The molecular weight excluding hydrogens is 304 g/mol. The molecule has 5 heteroatoms. The van der Waals surface area contributed by atoms with Gasteiger partial charge in [-0.25, -0.2) is 4.79 Å². The van der Waals surface area contributed by atoms with Gasteiger partial charge in [0, 0.05) is 36.6 Å². The monoisotopic (exact) mass is 322 g/mol. The van der Waals surface area contributed by atoms with Crippen molar-refractivity contribution in [1.82, 2.24) is 9.38 Å². The van der Waals surface area contributed by atoms with E-state index in [1.54, 1.807) is 32.3 Å². The van der Waals surface area contributed by atoms with Gasteiger partial charge in [0.2, 0.25) is 0 Å². The molecule has 0 radical (unpaired) electrons. The lowest BCUT2D eigenvalue weighted by atomic mass is 10.0. The van der Waals surface area contributed by atoms with Gasteiger partial charge in [-0.05, 0) is 49.2 Å². The molecule has 0 N–H and O–H groups in total. The van der Waals surface area contributed by atoms with Crippen molar-refractivity contribution in [2.75, 3.05) is 6.61 Å². The second kappa shape index (κ2) is 6.28. The van der Waals surface area contributed by atoms with Crippen LogP contribution in [-0.2, 0) is 4.74 Å². The maximum absolute atomic E-state index is 12.2. The number of nitrogens with zero attached hydrogens (tertiary/aromatic N) is 2. The van der Waals surface area contributed by atoms with E-state index in [2.05, 4.69) is 4.98 Å². The minimum absolute atomic E-state index is 0.0967. The zero-order valence-electron chi connectivity index (χ0n) is 13.9. The normalized spacial score (nSPS) is 10.8. The Bertz CT molecular complexity index is 927. The van der Waals surface area contributed by atoms with Crippen molar-refractivity contribution >= 4 is 17.3 Å². The van der Waals surface area contributed by atoms with Crippen LogP contribution in [0.3, 0.4) is 0 Å². The minimum Gasteiger partial charge on any atom is -0.462 e. The highest BCUT2D eigenvalue weighted by molar-refractivity contribution is 6.01. The summed E-state index contributed by atoms with van der Waals surface area (Å²) >= 11 is 0. The van der Waals surface area contributed by atoms with Gasteiger partial charge in [-0.15, -0.1) is 0 Å². The molecule has 122 valence electrons.